The van der Waals surface area contributed by atoms with E-state index in [9.17, 15) is 13.6 Å². The lowest BCUT2D eigenvalue weighted by molar-refractivity contribution is -0.128. The molecule has 1 aromatic carbocycles. The van der Waals surface area contributed by atoms with Gasteiger partial charge in [0.15, 0.2) is 0 Å². The Hall–Kier alpha value is -1.96. The van der Waals surface area contributed by atoms with Gasteiger partial charge in [-0.1, -0.05) is 6.07 Å². The van der Waals surface area contributed by atoms with Crippen LogP contribution in [0.2, 0.25) is 0 Å². The van der Waals surface area contributed by atoms with Crippen LogP contribution >= 0.6 is 0 Å². The fourth-order valence-electron chi connectivity index (χ4n) is 1.89. The molecule has 0 unspecified atom stereocenters. The summed E-state index contributed by atoms with van der Waals surface area (Å²) in [6.45, 7) is 0. The van der Waals surface area contributed by atoms with Gasteiger partial charge in [0.05, 0.1) is 18.2 Å². The third kappa shape index (κ3) is 1.20. The Kier molecular flexibility index (Phi) is 2.16. The van der Waals surface area contributed by atoms with Crippen LogP contribution in [-0.2, 0) is 10.5 Å². The fourth-order valence-corrected chi connectivity index (χ4v) is 1.89. The molecule has 0 N–H and O–H groups in total. The first-order chi connectivity index (χ1) is 7.50. The molecule has 1 atom stereocenters. The van der Waals surface area contributed by atoms with E-state index in [1.54, 1.807) is 6.07 Å². The van der Waals surface area contributed by atoms with Crippen LogP contribution in [0.25, 0.3) is 0 Å². The van der Waals surface area contributed by atoms with Crippen LogP contribution in [0.5, 0.6) is 0 Å². The largest absolute Gasteiger partial charge is 0.312 e. The zero-order chi connectivity index (χ0) is 11.9. The number of hydrogen-bond donors (Lipinski definition) is 0. The molecule has 3 nitrogen and oxygen atoms in total. The number of likely N-dealkylation sites (N-methyl/N-ethyl adjacent to an activating group) is 1. The van der Waals surface area contributed by atoms with Crippen LogP contribution < -0.4 is 4.90 Å². The molecule has 5 heteroatoms. The third-order valence-electron chi connectivity index (χ3n) is 2.71. The topological polar surface area (TPSA) is 44.1 Å². The molecular weight excluding hydrogens is 214 g/mol. The van der Waals surface area contributed by atoms with Gasteiger partial charge in [0.1, 0.15) is 5.82 Å². The van der Waals surface area contributed by atoms with E-state index in [0.717, 1.165) is 17.0 Å². The predicted octanol–water partition coefficient (Wildman–Crippen LogP) is 1.88. The maximum absolute atomic E-state index is 14.3. The maximum atomic E-state index is 14.3. The maximum Gasteiger partial charge on any atom is 0.270 e. The fraction of sp³-hybridized carbons (Fsp3) is 0.273. The third-order valence-corrected chi connectivity index (χ3v) is 2.71. The number of nitriles is 1. The Morgan fingerprint density at radius 2 is 2.25 bits per heavy atom. The molecule has 1 aliphatic rings. The second-order valence-electron chi connectivity index (χ2n) is 3.66. The summed E-state index contributed by atoms with van der Waals surface area (Å²) in [5, 5.41) is 8.54. The highest BCUT2D eigenvalue weighted by Crippen LogP contribution is 2.44. The Bertz CT molecular complexity index is 509. The highest BCUT2D eigenvalue weighted by molar-refractivity contribution is 6.06. The van der Waals surface area contributed by atoms with Gasteiger partial charge in [0.25, 0.3) is 5.91 Å². The minimum Gasteiger partial charge on any atom is -0.312 e. The van der Waals surface area contributed by atoms with Crippen LogP contribution in [-0.4, -0.2) is 13.0 Å². The van der Waals surface area contributed by atoms with Crippen LogP contribution in [0, 0.1) is 17.1 Å². The summed E-state index contributed by atoms with van der Waals surface area (Å²) in [5.41, 5.74) is -2.10. The van der Waals surface area contributed by atoms with Gasteiger partial charge in [-0.05, 0) is 12.1 Å². The van der Waals surface area contributed by atoms with Crippen molar-refractivity contribution in [2.75, 3.05) is 11.9 Å². The smallest absolute Gasteiger partial charge is 0.270 e. The standard InChI is InChI=1S/C11H8F2N2O/c1-15-9-6-7(12)2-3-8(9)11(13,4-5-14)10(15)16/h2-3,6H,4H2,1H3/t11-/m0/s1. The lowest BCUT2D eigenvalue weighted by Crippen LogP contribution is -2.34. The highest BCUT2D eigenvalue weighted by Gasteiger charge is 2.50. The molecule has 82 valence electrons. The van der Waals surface area contributed by atoms with Crippen LogP contribution in [0.4, 0.5) is 14.5 Å². The van der Waals surface area contributed by atoms with Crippen molar-refractivity contribution in [1.82, 2.24) is 0 Å². The second kappa shape index (κ2) is 3.27. The van der Waals surface area contributed by atoms with Crippen molar-refractivity contribution < 1.29 is 13.6 Å². The van der Waals surface area contributed by atoms with Gasteiger partial charge in [-0.3, -0.25) is 4.79 Å². The Morgan fingerprint density at radius 1 is 1.56 bits per heavy atom. The molecule has 1 aliphatic heterocycles. The summed E-state index contributed by atoms with van der Waals surface area (Å²) in [6.07, 6.45) is -0.561. The monoisotopic (exact) mass is 222 g/mol. The second-order valence-corrected chi connectivity index (χ2v) is 3.66. The molecule has 1 aromatic rings. The van der Waals surface area contributed by atoms with Gasteiger partial charge in [0.2, 0.25) is 5.67 Å². The Labute approximate surface area is 90.9 Å². The molecule has 1 heterocycles. The number of carbonyl (C=O) groups excluding carboxylic acids is 1. The number of fused-ring (bicyclic) bond motifs is 1. The van der Waals surface area contributed by atoms with Crippen molar-refractivity contribution >= 4 is 11.6 Å². The molecule has 0 aromatic heterocycles. The first-order valence-electron chi connectivity index (χ1n) is 4.65. The number of nitrogens with zero attached hydrogens (tertiary/aromatic N) is 2. The number of hydrogen-bond acceptors (Lipinski definition) is 2. The SMILES string of the molecule is CN1C(=O)[C@](F)(CC#N)c2ccc(F)cc21. The van der Waals surface area contributed by atoms with Crippen LogP contribution in [0.15, 0.2) is 18.2 Å². The number of rotatable bonds is 1. The zero-order valence-corrected chi connectivity index (χ0v) is 8.50. The molecule has 16 heavy (non-hydrogen) atoms. The van der Waals surface area contributed by atoms with Crippen molar-refractivity contribution in [2.45, 2.75) is 12.1 Å². The van der Waals surface area contributed by atoms with Gasteiger partial charge < -0.3 is 4.90 Å². The molecule has 0 radical (unpaired) electrons. The number of alkyl halides is 1. The van der Waals surface area contributed by atoms with E-state index >= 15 is 0 Å². The van der Waals surface area contributed by atoms with Gasteiger partial charge >= 0.3 is 0 Å². The van der Waals surface area contributed by atoms with Crippen molar-refractivity contribution in [3.8, 4) is 6.07 Å². The summed E-state index contributed by atoms with van der Waals surface area (Å²) in [6, 6.07) is 5.02. The normalized spacial score (nSPS) is 23.1. The van der Waals surface area contributed by atoms with Crippen LogP contribution in [0.3, 0.4) is 0 Å². The zero-order valence-electron chi connectivity index (χ0n) is 8.50. The predicted molar refractivity (Wildman–Crippen MR) is 52.8 cm³/mol. The molecular formula is C11H8F2N2O. The average Bonchev–Trinajstić information content (AvgIpc) is 2.42. The van der Waals surface area contributed by atoms with Gasteiger partial charge in [-0.2, -0.15) is 5.26 Å². The van der Waals surface area contributed by atoms with Gasteiger partial charge in [-0.25, -0.2) is 8.78 Å². The van der Waals surface area contributed by atoms with E-state index in [-0.39, 0.29) is 11.3 Å². The van der Waals surface area contributed by atoms with E-state index in [0.29, 0.717) is 0 Å². The number of anilines is 1. The summed E-state index contributed by atoms with van der Waals surface area (Å²) in [7, 11) is 1.36. The molecule has 0 saturated carbocycles. The first-order valence-corrected chi connectivity index (χ1v) is 4.65. The highest BCUT2D eigenvalue weighted by atomic mass is 19.1. The average molecular weight is 222 g/mol. The molecule has 0 spiro atoms. The molecule has 0 aliphatic carbocycles. The quantitative estimate of drug-likeness (QED) is 0.728. The van der Waals surface area contributed by atoms with E-state index in [4.69, 9.17) is 5.26 Å². The number of benzene rings is 1. The van der Waals surface area contributed by atoms with Crippen molar-refractivity contribution in [3.63, 3.8) is 0 Å². The molecule has 2 rings (SSSR count). The number of halogens is 2. The number of carbonyl (C=O) groups is 1. The summed E-state index contributed by atoms with van der Waals surface area (Å²) < 4.78 is 27.3. The van der Waals surface area contributed by atoms with Crippen molar-refractivity contribution in [2.24, 2.45) is 0 Å². The van der Waals surface area contributed by atoms with Crippen molar-refractivity contribution in [1.29, 1.82) is 5.26 Å². The van der Waals surface area contributed by atoms with Crippen LogP contribution in [0.1, 0.15) is 12.0 Å². The Balaban J connectivity index is 2.63. The Morgan fingerprint density at radius 3 is 2.88 bits per heavy atom. The molecule has 0 fully saturated rings. The van der Waals surface area contributed by atoms with E-state index < -0.39 is 23.8 Å². The molecule has 0 bridgehead atoms. The molecule has 1 amide bonds. The minimum absolute atomic E-state index is 0.0583. The van der Waals surface area contributed by atoms with Gasteiger partial charge in [0, 0.05) is 12.6 Å². The van der Waals surface area contributed by atoms with E-state index in [1.165, 1.54) is 13.1 Å². The number of amides is 1. The van der Waals surface area contributed by atoms with E-state index in [1.807, 2.05) is 0 Å². The van der Waals surface area contributed by atoms with Gasteiger partial charge in [-0.15, -0.1) is 0 Å². The first kappa shape index (κ1) is 10.6. The molecule has 0 saturated heterocycles. The summed E-state index contributed by atoms with van der Waals surface area (Å²) >= 11 is 0. The minimum atomic E-state index is -2.34. The summed E-state index contributed by atoms with van der Waals surface area (Å²) in [4.78, 5) is 12.7. The van der Waals surface area contributed by atoms with Crippen molar-refractivity contribution in [3.05, 3.63) is 29.6 Å². The summed E-state index contributed by atoms with van der Waals surface area (Å²) in [5.74, 6) is -1.37. The van der Waals surface area contributed by atoms with E-state index in [2.05, 4.69) is 0 Å². The lowest BCUT2D eigenvalue weighted by atomic mass is 9.94. The lowest BCUT2D eigenvalue weighted by Gasteiger charge is -2.14.